The molecule has 0 saturated carbocycles. The first-order valence-corrected chi connectivity index (χ1v) is 7.82. The van der Waals surface area contributed by atoms with Crippen LogP contribution in [0, 0.1) is 0 Å². The highest BCUT2D eigenvalue weighted by molar-refractivity contribution is 5.88. The summed E-state index contributed by atoms with van der Waals surface area (Å²) in [6, 6.07) is 12.3. The number of hydrogen-bond donors (Lipinski definition) is 1. The summed E-state index contributed by atoms with van der Waals surface area (Å²) in [7, 11) is 1.78. The lowest BCUT2D eigenvalue weighted by Crippen LogP contribution is -2.18. The molecule has 3 heterocycles. The second kappa shape index (κ2) is 5.53. The third-order valence-corrected chi connectivity index (χ3v) is 4.51. The zero-order valence-electron chi connectivity index (χ0n) is 13.5. The van der Waals surface area contributed by atoms with Gasteiger partial charge in [0.2, 0.25) is 0 Å². The standard InChI is InChI=1S/C19H17N3O2/c1-12(13-6-4-3-5-7-13)16-10-22(2)19(23)18-15(16)8-17(21-18)14-9-20-24-11-14/h3-12,21H,1-2H3. The molecule has 1 atom stereocenters. The molecule has 1 aromatic carbocycles. The highest BCUT2D eigenvalue weighted by Gasteiger charge is 2.17. The molecule has 0 aliphatic heterocycles. The van der Waals surface area contributed by atoms with Crippen LogP contribution in [-0.2, 0) is 7.05 Å². The minimum atomic E-state index is -0.0447. The van der Waals surface area contributed by atoms with Crippen LogP contribution in [0.25, 0.3) is 22.2 Å². The average molecular weight is 319 g/mol. The van der Waals surface area contributed by atoms with Crippen molar-refractivity contribution >= 4 is 10.9 Å². The quantitative estimate of drug-likeness (QED) is 0.626. The third kappa shape index (κ3) is 2.25. The topological polar surface area (TPSA) is 63.8 Å². The van der Waals surface area contributed by atoms with Crippen molar-refractivity contribution in [1.29, 1.82) is 0 Å². The van der Waals surface area contributed by atoms with Gasteiger partial charge in [0.05, 0.1) is 17.5 Å². The van der Waals surface area contributed by atoms with Crippen LogP contribution in [-0.4, -0.2) is 14.7 Å². The Morgan fingerprint density at radius 2 is 2.04 bits per heavy atom. The van der Waals surface area contributed by atoms with E-state index in [4.69, 9.17) is 4.52 Å². The molecule has 0 saturated heterocycles. The molecular weight excluding hydrogens is 302 g/mol. The number of pyridine rings is 1. The van der Waals surface area contributed by atoms with Crippen molar-refractivity contribution in [3.63, 3.8) is 0 Å². The van der Waals surface area contributed by atoms with E-state index in [-0.39, 0.29) is 11.5 Å². The van der Waals surface area contributed by atoms with Gasteiger partial charge in [0, 0.05) is 24.5 Å². The smallest absolute Gasteiger partial charge is 0.274 e. The fourth-order valence-corrected chi connectivity index (χ4v) is 3.12. The molecule has 0 spiro atoms. The maximum Gasteiger partial charge on any atom is 0.274 e. The molecule has 3 aromatic heterocycles. The predicted molar refractivity (Wildman–Crippen MR) is 93.0 cm³/mol. The molecule has 1 unspecified atom stereocenters. The molecule has 0 amide bonds. The van der Waals surface area contributed by atoms with Crippen LogP contribution in [0.5, 0.6) is 0 Å². The van der Waals surface area contributed by atoms with E-state index in [9.17, 15) is 4.79 Å². The van der Waals surface area contributed by atoms with E-state index >= 15 is 0 Å². The lowest BCUT2D eigenvalue weighted by Gasteiger charge is -2.15. The Morgan fingerprint density at radius 3 is 2.75 bits per heavy atom. The van der Waals surface area contributed by atoms with Gasteiger partial charge in [-0.2, -0.15) is 0 Å². The first kappa shape index (κ1) is 14.5. The number of fused-ring (bicyclic) bond motifs is 1. The highest BCUT2D eigenvalue weighted by atomic mass is 16.5. The summed E-state index contributed by atoms with van der Waals surface area (Å²) in [5, 5.41) is 4.67. The van der Waals surface area contributed by atoms with E-state index in [1.807, 2.05) is 30.5 Å². The second-order valence-corrected chi connectivity index (χ2v) is 6.02. The minimum Gasteiger partial charge on any atom is -0.364 e. The van der Waals surface area contributed by atoms with Crippen LogP contribution in [0.2, 0.25) is 0 Å². The highest BCUT2D eigenvalue weighted by Crippen LogP contribution is 2.31. The Balaban J connectivity index is 1.95. The third-order valence-electron chi connectivity index (χ3n) is 4.51. The molecule has 0 fully saturated rings. The normalized spacial score (nSPS) is 12.6. The summed E-state index contributed by atoms with van der Waals surface area (Å²) in [6.45, 7) is 2.15. The van der Waals surface area contributed by atoms with Crippen LogP contribution in [0.15, 0.2) is 64.4 Å². The van der Waals surface area contributed by atoms with Gasteiger partial charge in [0.1, 0.15) is 11.8 Å². The monoisotopic (exact) mass is 319 g/mol. The number of nitrogens with zero attached hydrogens (tertiary/aromatic N) is 2. The van der Waals surface area contributed by atoms with Gasteiger partial charge in [0.15, 0.2) is 0 Å². The molecule has 24 heavy (non-hydrogen) atoms. The number of nitrogens with one attached hydrogen (secondary N) is 1. The SMILES string of the molecule is CC(c1ccccc1)c1cn(C)c(=O)c2[nH]c(-c3cnoc3)cc12. The first-order valence-electron chi connectivity index (χ1n) is 7.82. The second-order valence-electron chi connectivity index (χ2n) is 6.02. The Hall–Kier alpha value is -3.08. The first-order chi connectivity index (χ1) is 11.6. The van der Waals surface area contributed by atoms with E-state index in [1.54, 1.807) is 24.1 Å². The van der Waals surface area contributed by atoms with E-state index < -0.39 is 0 Å². The zero-order valence-corrected chi connectivity index (χ0v) is 13.5. The van der Waals surface area contributed by atoms with Crippen molar-refractivity contribution in [3.05, 3.63) is 76.5 Å². The van der Waals surface area contributed by atoms with Gasteiger partial charge in [-0.25, -0.2) is 0 Å². The fourth-order valence-electron chi connectivity index (χ4n) is 3.12. The maximum absolute atomic E-state index is 12.5. The molecule has 0 aliphatic carbocycles. The van der Waals surface area contributed by atoms with Gasteiger partial charge in [-0.1, -0.05) is 42.4 Å². The minimum absolute atomic E-state index is 0.0447. The lowest BCUT2D eigenvalue weighted by atomic mass is 9.92. The Kier molecular flexibility index (Phi) is 3.34. The van der Waals surface area contributed by atoms with E-state index in [2.05, 4.69) is 29.2 Å². The number of rotatable bonds is 3. The molecule has 0 aliphatic rings. The zero-order chi connectivity index (χ0) is 16.7. The van der Waals surface area contributed by atoms with Gasteiger partial charge >= 0.3 is 0 Å². The molecule has 120 valence electrons. The van der Waals surface area contributed by atoms with Crippen molar-refractivity contribution in [2.24, 2.45) is 7.05 Å². The van der Waals surface area contributed by atoms with Gasteiger partial charge in [-0.3, -0.25) is 4.79 Å². The largest absolute Gasteiger partial charge is 0.364 e. The van der Waals surface area contributed by atoms with Crippen molar-refractivity contribution in [1.82, 2.24) is 14.7 Å². The number of aromatic amines is 1. The number of hydrogen-bond acceptors (Lipinski definition) is 3. The van der Waals surface area contributed by atoms with E-state index in [1.165, 1.54) is 5.56 Å². The van der Waals surface area contributed by atoms with Crippen molar-refractivity contribution in [3.8, 4) is 11.3 Å². The van der Waals surface area contributed by atoms with E-state index in [0.29, 0.717) is 5.52 Å². The number of H-pyrrole nitrogens is 1. The van der Waals surface area contributed by atoms with Gasteiger partial charge < -0.3 is 14.1 Å². The summed E-state index contributed by atoms with van der Waals surface area (Å²) in [4.78, 5) is 15.7. The molecule has 0 bridgehead atoms. The molecule has 5 nitrogen and oxygen atoms in total. The van der Waals surface area contributed by atoms with Gasteiger partial charge in [0.25, 0.3) is 5.56 Å². The summed E-state index contributed by atoms with van der Waals surface area (Å²) < 4.78 is 6.54. The Morgan fingerprint density at radius 1 is 1.25 bits per heavy atom. The molecule has 4 rings (SSSR count). The predicted octanol–water partition coefficient (Wildman–Crippen LogP) is 3.67. The summed E-state index contributed by atoms with van der Waals surface area (Å²) in [5.41, 5.74) is 4.54. The van der Waals surface area contributed by atoms with Crippen molar-refractivity contribution < 1.29 is 4.52 Å². The van der Waals surface area contributed by atoms with Crippen LogP contribution < -0.4 is 5.56 Å². The molecular formula is C19H17N3O2. The number of aryl methyl sites for hydroxylation is 1. The number of benzene rings is 1. The van der Waals surface area contributed by atoms with Crippen LogP contribution in [0.3, 0.4) is 0 Å². The van der Waals surface area contributed by atoms with Crippen LogP contribution in [0.1, 0.15) is 24.0 Å². The maximum atomic E-state index is 12.5. The van der Waals surface area contributed by atoms with Crippen molar-refractivity contribution in [2.75, 3.05) is 0 Å². The molecule has 0 radical (unpaired) electrons. The molecule has 4 aromatic rings. The number of aromatic nitrogens is 3. The Bertz CT molecular complexity index is 1040. The average Bonchev–Trinajstić information content (AvgIpc) is 3.27. The van der Waals surface area contributed by atoms with Crippen LogP contribution in [0.4, 0.5) is 0 Å². The summed E-state index contributed by atoms with van der Waals surface area (Å²) in [6.07, 6.45) is 5.12. The van der Waals surface area contributed by atoms with Crippen LogP contribution >= 0.6 is 0 Å². The molecule has 1 N–H and O–H groups in total. The summed E-state index contributed by atoms with van der Waals surface area (Å²) >= 11 is 0. The van der Waals surface area contributed by atoms with Gasteiger partial charge in [-0.15, -0.1) is 0 Å². The summed E-state index contributed by atoms with van der Waals surface area (Å²) in [5.74, 6) is 0.173. The van der Waals surface area contributed by atoms with Gasteiger partial charge in [-0.05, 0) is 17.2 Å². The molecule has 5 heteroatoms. The Labute approximate surface area is 138 Å². The fraction of sp³-hybridized carbons (Fsp3) is 0.158. The van der Waals surface area contributed by atoms with E-state index in [0.717, 1.165) is 22.2 Å². The van der Waals surface area contributed by atoms with Crippen molar-refractivity contribution in [2.45, 2.75) is 12.8 Å². The lowest BCUT2D eigenvalue weighted by molar-refractivity contribution is 0.420.